The molecule has 0 unspecified atom stereocenters. The van der Waals surface area contributed by atoms with E-state index in [9.17, 15) is 0 Å². The molecule has 0 radical (unpaired) electrons. The van der Waals surface area contributed by atoms with Crippen molar-refractivity contribution < 1.29 is 0 Å². The van der Waals surface area contributed by atoms with Crippen molar-refractivity contribution in [2.45, 2.75) is 13.5 Å². The van der Waals surface area contributed by atoms with Crippen LogP contribution in [0.1, 0.15) is 10.4 Å². The fourth-order valence-electron chi connectivity index (χ4n) is 0.683. The predicted octanol–water partition coefficient (Wildman–Crippen LogP) is 2.87. The highest BCUT2D eigenvalue weighted by Crippen LogP contribution is 2.15. The molecule has 0 aliphatic heterocycles. The van der Waals surface area contributed by atoms with Crippen LogP contribution in [0.4, 0.5) is 0 Å². The van der Waals surface area contributed by atoms with Crippen LogP contribution in [0.2, 0.25) is 0 Å². The molecule has 0 atom stereocenters. The van der Waals surface area contributed by atoms with E-state index in [2.05, 4.69) is 10.0 Å². The normalized spacial score (nSPS) is 8.90. The molecular weight excluding hydrogens is 146 g/mol. The van der Waals surface area contributed by atoms with Crippen LogP contribution in [0.15, 0.2) is 16.6 Å². The van der Waals surface area contributed by atoms with Crippen LogP contribution in [-0.4, -0.2) is 0 Å². The minimum atomic E-state index is 0.478. The third-order valence-electron chi connectivity index (χ3n) is 1.27. The van der Waals surface area contributed by atoms with Crippen molar-refractivity contribution in [1.82, 2.24) is 0 Å². The highest BCUT2D eigenvalue weighted by molar-refractivity contribution is 7.10. The lowest BCUT2D eigenvalue weighted by atomic mass is 10.3. The lowest BCUT2D eigenvalue weighted by molar-refractivity contribution is 1.04. The second-order valence-corrected chi connectivity index (χ2v) is 3.01. The van der Waals surface area contributed by atoms with Crippen molar-refractivity contribution >= 4 is 11.3 Å². The smallest absolute Gasteiger partial charge is 0.0521 e. The quantitative estimate of drug-likeness (QED) is 0.356. The first-order chi connectivity index (χ1) is 4.84. The minimum Gasteiger partial charge on any atom is -0.149 e. The van der Waals surface area contributed by atoms with Crippen molar-refractivity contribution in [2.24, 2.45) is 5.11 Å². The summed E-state index contributed by atoms with van der Waals surface area (Å²) in [6, 6.07) is 1.98. The first-order valence-electron chi connectivity index (χ1n) is 2.88. The van der Waals surface area contributed by atoms with Gasteiger partial charge in [-0.05, 0) is 29.5 Å². The zero-order valence-corrected chi connectivity index (χ0v) is 6.43. The fraction of sp³-hybridized carbons (Fsp3) is 0.333. The summed E-state index contributed by atoms with van der Waals surface area (Å²) in [6.45, 7) is 2.50. The van der Waals surface area contributed by atoms with Crippen LogP contribution in [0.3, 0.4) is 0 Å². The Labute approximate surface area is 62.9 Å². The number of aryl methyl sites for hydroxylation is 1. The number of thiophene rings is 1. The number of hydrogen-bond donors (Lipinski definition) is 0. The van der Waals surface area contributed by atoms with Crippen molar-refractivity contribution in [3.63, 3.8) is 0 Å². The van der Waals surface area contributed by atoms with E-state index in [1.54, 1.807) is 11.3 Å². The molecule has 1 rings (SSSR count). The van der Waals surface area contributed by atoms with Crippen LogP contribution in [0.25, 0.3) is 10.4 Å². The molecule has 0 N–H and O–H groups in total. The number of azide groups is 1. The monoisotopic (exact) mass is 153 g/mol. The van der Waals surface area contributed by atoms with Crippen LogP contribution >= 0.6 is 11.3 Å². The van der Waals surface area contributed by atoms with Gasteiger partial charge in [-0.25, -0.2) is 0 Å². The van der Waals surface area contributed by atoms with Gasteiger partial charge in [-0.2, -0.15) is 0 Å². The van der Waals surface area contributed by atoms with E-state index in [1.165, 1.54) is 4.88 Å². The summed E-state index contributed by atoms with van der Waals surface area (Å²) in [5, 5.41) is 5.46. The average Bonchev–Trinajstić information content (AvgIpc) is 2.31. The topological polar surface area (TPSA) is 48.8 Å². The highest BCUT2D eigenvalue weighted by Gasteiger charge is 1.95. The summed E-state index contributed by atoms with van der Waals surface area (Å²) < 4.78 is 0. The maximum absolute atomic E-state index is 8.02. The van der Waals surface area contributed by atoms with E-state index in [0.717, 1.165) is 5.56 Å². The molecular formula is C6H7N3S. The zero-order valence-electron chi connectivity index (χ0n) is 5.61. The van der Waals surface area contributed by atoms with E-state index in [1.807, 2.05) is 18.4 Å². The second-order valence-electron chi connectivity index (χ2n) is 1.89. The Morgan fingerprint density at radius 1 is 1.80 bits per heavy atom. The Morgan fingerprint density at radius 3 is 3.10 bits per heavy atom. The van der Waals surface area contributed by atoms with E-state index < -0.39 is 0 Å². The van der Waals surface area contributed by atoms with Crippen molar-refractivity contribution in [3.05, 3.63) is 32.3 Å². The highest BCUT2D eigenvalue weighted by atomic mass is 32.1. The molecule has 52 valence electrons. The lowest BCUT2D eigenvalue weighted by Gasteiger charge is -1.88. The van der Waals surface area contributed by atoms with Crippen LogP contribution < -0.4 is 0 Å². The summed E-state index contributed by atoms with van der Waals surface area (Å²) in [7, 11) is 0. The summed E-state index contributed by atoms with van der Waals surface area (Å²) in [5.74, 6) is 0. The maximum atomic E-state index is 8.02. The molecule has 3 nitrogen and oxygen atoms in total. The molecule has 10 heavy (non-hydrogen) atoms. The van der Waals surface area contributed by atoms with E-state index in [0.29, 0.717) is 6.54 Å². The molecule has 0 aromatic carbocycles. The number of rotatable bonds is 2. The van der Waals surface area contributed by atoms with Crippen LogP contribution in [0.5, 0.6) is 0 Å². The SMILES string of the molecule is Cc1sccc1CN=[N+]=[N-]. The fourth-order valence-corrected chi connectivity index (χ4v) is 1.40. The first-order valence-corrected chi connectivity index (χ1v) is 3.76. The third kappa shape index (κ3) is 1.50. The van der Waals surface area contributed by atoms with E-state index in [-0.39, 0.29) is 0 Å². The summed E-state index contributed by atoms with van der Waals surface area (Å²) in [5.41, 5.74) is 9.15. The lowest BCUT2D eigenvalue weighted by Crippen LogP contribution is -1.76. The van der Waals surface area contributed by atoms with Crippen LogP contribution in [0, 0.1) is 6.92 Å². The molecule has 4 heteroatoms. The Hall–Kier alpha value is -0.990. The Bertz CT molecular complexity index is 260. The number of hydrogen-bond acceptors (Lipinski definition) is 2. The predicted molar refractivity (Wildman–Crippen MR) is 41.9 cm³/mol. The van der Waals surface area contributed by atoms with Gasteiger partial charge in [0.1, 0.15) is 0 Å². The molecule has 0 aliphatic rings. The number of nitrogens with zero attached hydrogens (tertiary/aromatic N) is 3. The van der Waals surface area contributed by atoms with Gasteiger partial charge in [-0.15, -0.1) is 11.3 Å². The summed E-state index contributed by atoms with van der Waals surface area (Å²) in [4.78, 5) is 3.91. The molecule has 0 saturated carbocycles. The van der Waals surface area contributed by atoms with Gasteiger partial charge in [0.2, 0.25) is 0 Å². The van der Waals surface area contributed by atoms with E-state index in [4.69, 9.17) is 5.53 Å². The summed E-state index contributed by atoms with van der Waals surface area (Å²) in [6.07, 6.45) is 0. The molecule has 0 amide bonds. The molecule has 1 aromatic heterocycles. The second kappa shape index (κ2) is 3.25. The van der Waals surface area contributed by atoms with Crippen molar-refractivity contribution in [2.75, 3.05) is 0 Å². The molecule has 0 spiro atoms. The largest absolute Gasteiger partial charge is 0.149 e. The first kappa shape index (κ1) is 7.12. The van der Waals surface area contributed by atoms with Gasteiger partial charge in [0.25, 0.3) is 0 Å². The maximum Gasteiger partial charge on any atom is 0.0521 e. The van der Waals surface area contributed by atoms with Gasteiger partial charge in [0, 0.05) is 9.79 Å². The third-order valence-corrected chi connectivity index (χ3v) is 2.16. The van der Waals surface area contributed by atoms with Gasteiger partial charge < -0.3 is 0 Å². The Morgan fingerprint density at radius 2 is 2.60 bits per heavy atom. The molecule has 0 fully saturated rings. The molecule has 0 aliphatic carbocycles. The summed E-state index contributed by atoms with van der Waals surface area (Å²) >= 11 is 1.67. The van der Waals surface area contributed by atoms with Gasteiger partial charge in [-0.1, -0.05) is 5.11 Å². The standard InChI is InChI=1S/C6H7N3S/c1-5-6(2-3-10-5)4-8-9-7/h2-3H,4H2,1H3. The van der Waals surface area contributed by atoms with Gasteiger partial charge in [0.05, 0.1) is 6.54 Å². The van der Waals surface area contributed by atoms with Gasteiger partial charge >= 0.3 is 0 Å². The minimum absolute atomic E-state index is 0.478. The molecule has 1 heterocycles. The van der Waals surface area contributed by atoms with Crippen LogP contribution in [-0.2, 0) is 6.54 Å². The average molecular weight is 153 g/mol. The van der Waals surface area contributed by atoms with Gasteiger partial charge in [0.15, 0.2) is 0 Å². The molecule has 0 saturated heterocycles. The Kier molecular flexibility index (Phi) is 2.31. The van der Waals surface area contributed by atoms with E-state index >= 15 is 0 Å². The van der Waals surface area contributed by atoms with Gasteiger partial charge in [-0.3, -0.25) is 0 Å². The Balaban J connectivity index is 2.74. The molecule has 1 aromatic rings. The van der Waals surface area contributed by atoms with Crippen molar-refractivity contribution in [1.29, 1.82) is 0 Å². The zero-order chi connectivity index (χ0) is 7.40. The van der Waals surface area contributed by atoms with Crippen molar-refractivity contribution in [3.8, 4) is 0 Å². The molecule has 0 bridgehead atoms.